The van der Waals surface area contributed by atoms with Crippen molar-refractivity contribution in [2.45, 2.75) is 6.18 Å². The highest BCUT2D eigenvalue weighted by Gasteiger charge is 2.30. The Morgan fingerprint density at radius 2 is 2.06 bits per heavy atom. The van der Waals surface area contributed by atoms with Crippen molar-refractivity contribution in [1.82, 2.24) is 5.32 Å². The number of nitrogens with two attached hydrogens (primary N) is 1. The molecule has 6 heteroatoms. The summed E-state index contributed by atoms with van der Waals surface area (Å²) in [4.78, 5) is 0. The van der Waals surface area contributed by atoms with Crippen LogP contribution >= 0.6 is 0 Å². The van der Waals surface area contributed by atoms with Crippen molar-refractivity contribution in [2.24, 2.45) is 0 Å². The monoisotopic (exact) mass is 234 g/mol. The number of benzene rings is 1. The number of nitrogen functional groups attached to an aromatic ring is 1. The molecule has 0 aliphatic rings. The van der Waals surface area contributed by atoms with Gasteiger partial charge in [0.25, 0.3) is 0 Å². The van der Waals surface area contributed by atoms with E-state index in [4.69, 9.17) is 10.5 Å². The Bertz CT molecular complexity index is 352. The Morgan fingerprint density at radius 3 is 2.56 bits per heavy atom. The summed E-state index contributed by atoms with van der Waals surface area (Å²) in [5.41, 5.74) is 4.67. The summed E-state index contributed by atoms with van der Waals surface area (Å²) in [6, 6.07) is 3.05. The molecule has 90 valence electrons. The zero-order valence-corrected chi connectivity index (χ0v) is 8.77. The summed E-state index contributed by atoms with van der Waals surface area (Å²) in [5, 5.41) is 2.85. The average Bonchev–Trinajstić information content (AvgIpc) is 2.19. The van der Waals surface area contributed by atoms with Crippen LogP contribution in [-0.2, 0) is 6.18 Å². The third kappa shape index (κ3) is 3.30. The molecule has 3 N–H and O–H groups in total. The van der Waals surface area contributed by atoms with Crippen LogP contribution < -0.4 is 15.8 Å². The van der Waals surface area contributed by atoms with Gasteiger partial charge in [-0.25, -0.2) is 0 Å². The number of hydrogen-bond acceptors (Lipinski definition) is 3. The van der Waals surface area contributed by atoms with Crippen LogP contribution in [0.1, 0.15) is 5.56 Å². The van der Waals surface area contributed by atoms with Crippen molar-refractivity contribution in [2.75, 3.05) is 25.9 Å². The Labute approximate surface area is 91.4 Å². The molecule has 3 nitrogen and oxygen atoms in total. The standard InChI is InChI=1S/C10H13F3N2O/c1-15-4-5-16-9-3-2-7(6-8(9)14)10(11,12)13/h2-3,6,15H,4-5,14H2,1H3. The Kier molecular flexibility index (Phi) is 4.00. The number of nitrogens with one attached hydrogen (secondary N) is 1. The fraction of sp³-hybridized carbons (Fsp3) is 0.400. The summed E-state index contributed by atoms with van der Waals surface area (Å²) in [7, 11) is 1.75. The Morgan fingerprint density at radius 1 is 1.38 bits per heavy atom. The first-order chi connectivity index (χ1) is 7.45. The van der Waals surface area contributed by atoms with Crippen LogP contribution in [0, 0.1) is 0 Å². The molecule has 0 aliphatic carbocycles. The predicted molar refractivity (Wildman–Crippen MR) is 55.3 cm³/mol. The lowest BCUT2D eigenvalue weighted by molar-refractivity contribution is -0.137. The van der Waals surface area contributed by atoms with Crippen LogP contribution in [0.5, 0.6) is 5.75 Å². The summed E-state index contributed by atoms with van der Waals surface area (Å²) in [6.07, 6.45) is -4.38. The van der Waals surface area contributed by atoms with Crippen LogP contribution in [-0.4, -0.2) is 20.2 Å². The second kappa shape index (κ2) is 5.07. The van der Waals surface area contributed by atoms with Crippen molar-refractivity contribution < 1.29 is 17.9 Å². The molecule has 1 aromatic carbocycles. The van der Waals surface area contributed by atoms with Crippen molar-refractivity contribution in [3.63, 3.8) is 0 Å². The number of alkyl halides is 3. The highest BCUT2D eigenvalue weighted by atomic mass is 19.4. The molecule has 0 saturated carbocycles. The molecule has 0 amide bonds. The molecule has 0 unspecified atom stereocenters. The quantitative estimate of drug-likeness (QED) is 0.617. The van der Waals surface area contributed by atoms with E-state index in [-0.39, 0.29) is 11.4 Å². The average molecular weight is 234 g/mol. The Hall–Kier alpha value is -1.43. The molecule has 0 saturated heterocycles. The van der Waals surface area contributed by atoms with E-state index in [0.29, 0.717) is 13.2 Å². The largest absolute Gasteiger partial charge is 0.490 e. The maximum atomic E-state index is 12.3. The maximum Gasteiger partial charge on any atom is 0.416 e. The van der Waals surface area contributed by atoms with E-state index in [0.717, 1.165) is 12.1 Å². The lowest BCUT2D eigenvalue weighted by atomic mass is 10.2. The normalized spacial score (nSPS) is 11.5. The minimum absolute atomic E-state index is 0.00840. The van der Waals surface area contributed by atoms with E-state index in [1.165, 1.54) is 6.07 Å². The fourth-order valence-corrected chi connectivity index (χ4v) is 1.12. The van der Waals surface area contributed by atoms with Gasteiger partial charge in [0.1, 0.15) is 12.4 Å². The fourth-order valence-electron chi connectivity index (χ4n) is 1.12. The van der Waals surface area contributed by atoms with E-state index in [1.807, 2.05) is 0 Å². The van der Waals surface area contributed by atoms with Gasteiger partial charge in [-0.15, -0.1) is 0 Å². The molecule has 0 heterocycles. The van der Waals surface area contributed by atoms with E-state index < -0.39 is 11.7 Å². The van der Waals surface area contributed by atoms with Crippen molar-refractivity contribution in [1.29, 1.82) is 0 Å². The predicted octanol–water partition coefficient (Wildman–Crippen LogP) is 1.89. The van der Waals surface area contributed by atoms with Crippen LogP contribution in [0.2, 0.25) is 0 Å². The van der Waals surface area contributed by atoms with Crippen molar-refractivity contribution >= 4 is 5.69 Å². The van der Waals surface area contributed by atoms with Crippen LogP contribution in [0.3, 0.4) is 0 Å². The van der Waals surface area contributed by atoms with Gasteiger partial charge in [-0.05, 0) is 25.2 Å². The highest BCUT2D eigenvalue weighted by Crippen LogP contribution is 2.33. The number of halogens is 3. The van der Waals surface area contributed by atoms with Gasteiger partial charge in [-0.1, -0.05) is 0 Å². The second-order valence-electron chi connectivity index (χ2n) is 3.20. The molecule has 1 rings (SSSR count). The molecule has 0 fully saturated rings. The second-order valence-corrected chi connectivity index (χ2v) is 3.20. The van der Waals surface area contributed by atoms with Gasteiger partial charge >= 0.3 is 6.18 Å². The molecule has 0 aliphatic heterocycles. The summed E-state index contributed by atoms with van der Waals surface area (Å²) in [5.74, 6) is 0.267. The summed E-state index contributed by atoms with van der Waals surface area (Å²) in [6.45, 7) is 0.951. The van der Waals surface area contributed by atoms with Gasteiger partial charge in [0.15, 0.2) is 0 Å². The van der Waals surface area contributed by atoms with E-state index in [1.54, 1.807) is 7.05 Å². The maximum absolute atomic E-state index is 12.3. The van der Waals surface area contributed by atoms with E-state index in [9.17, 15) is 13.2 Å². The van der Waals surface area contributed by atoms with Crippen molar-refractivity contribution in [3.05, 3.63) is 23.8 Å². The minimum Gasteiger partial charge on any atom is -0.490 e. The number of ether oxygens (including phenoxy) is 1. The molecule has 0 atom stereocenters. The SMILES string of the molecule is CNCCOc1ccc(C(F)(F)F)cc1N. The number of anilines is 1. The zero-order valence-electron chi connectivity index (χ0n) is 8.77. The number of likely N-dealkylation sites (N-methyl/N-ethyl adjacent to an activating group) is 1. The summed E-state index contributed by atoms with van der Waals surface area (Å²) >= 11 is 0. The van der Waals surface area contributed by atoms with Gasteiger partial charge < -0.3 is 15.8 Å². The van der Waals surface area contributed by atoms with E-state index >= 15 is 0 Å². The van der Waals surface area contributed by atoms with E-state index in [2.05, 4.69) is 5.32 Å². The van der Waals surface area contributed by atoms with Gasteiger partial charge in [-0.2, -0.15) is 13.2 Å². The van der Waals surface area contributed by atoms with Crippen LogP contribution in [0.15, 0.2) is 18.2 Å². The molecule has 0 radical (unpaired) electrons. The highest BCUT2D eigenvalue weighted by molar-refractivity contribution is 5.54. The van der Waals surface area contributed by atoms with Gasteiger partial charge in [0.05, 0.1) is 11.3 Å². The number of rotatable bonds is 4. The third-order valence-electron chi connectivity index (χ3n) is 1.95. The lowest BCUT2D eigenvalue weighted by Gasteiger charge is -2.11. The first-order valence-corrected chi connectivity index (χ1v) is 4.69. The molecular formula is C10H13F3N2O. The first-order valence-electron chi connectivity index (χ1n) is 4.69. The molecule has 16 heavy (non-hydrogen) atoms. The Balaban J connectivity index is 2.76. The van der Waals surface area contributed by atoms with Crippen LogP contribution in [0.25, 0.3) is 0 Å². The topological polar surface area (TPSA) is 47.3 Å². The summed E-state index contributed by atoms with van der Waals surface area (Å²) < 4.78 is 42.1. The number of hydrogen-bond donors (Lipinski definition) is 2. The third-order valence-corrected chi connectivity index (χ3v) is 1.95. The minimum atomic E-state index is -4.38. The van der Waals surface area contributed by atoms with Gasteiger partial charge in [0.2, 0.25) is 0 Å². The lowest BCUT2D eigenvalue weighted by Crippen LogP contribution is -2.16. The van der Waals surface area contributed by atoms with Gasteiger partial charge in [0, 0.05) is 6.54 Å². The molecular weight excluding hydrogens is 221 g/mol. The first kappa shape index (κ1) is 12.6. The zero-order chi connectivity index (χ0) is 12.2. The molecule has 1 aromatic rings. The van der Waals surface area contributed by atoms with Gasteiger partial charge in [-0.3, -0.25) is 0 Å². The molecule has 0 spiro atoms. The molecule has 0 bridgehead atoms. The van der Waals surface area contributed by atoms with Crippen molar-refractivity contribution in [3.8, 4) is 5.75 Å². The smallest absolute Gasteiger partial charge is 0.416 e. The molecule has 0 aromatic heterocycles. The van der Waals surface area contributed by atoms with Crippen LogP contribution in [0.4, 0.5) is 18.9 Å².